The van der Waals surface area contributed by atoms with Crippen molar-refractivity contribution in [2.45, 2.75) is 75.5 Å². The molecule has 46 heavy (non-hydrogen) atoms. The van der Waals surface area contributed by atoms with E-state index in [0.717, 1.165) is 19.3 Å². The van der Waals surface area contributed by atoms with Crippen LogP contribution in [0.4, 0.5) is 10.5 Å². The van der Waals surface area contributed by atoms with Crippen LogP contribution in [0.5, 0.6) is 5.75 Å². The number of hydrogen-bond donors (Lipinski definition) is 2. The van der Waals surface area contributed by atoms with Gasteiger partial charge in [0, 0.05) is 19.1 Å². The molecule has 2 unspecified atom stereocenters. The van der Waals surface area contributed by atoms with E-state index >= 15 is 0 Å². The van der Waals surface area contributed by atoms with E-state index in [-0.39, 0.29) is 52.4 Å². The van der Waals surface area contributed by atoms with E-state index in [2.05, 4.69) is 10.6 Å². The summed E-state index contributed by atoms with van der Waals surface area (Å²) in [5, 5.41) is 5.76. The van der Waals surface area contributed by atoms with Crippen LogP contribution in [-0.4, -0.2) is 75.7 Å². The monoisotopic (exact) mass is 672 g/mol. The molecule has 0 radical (unpaired) electrons. The zero-order chi connectivity index (χ0) is 33.3. The lowest BCUT2D eigenvalue weighted by atomic mass is 10.0. The first-order chi connectivity index (χ1) is 21.7. The Kier molecular flexibility index (Phi) is 9.60. The van der Waals surface area contributed by atoms with Crippen LogP contribution >= 0.6 is 11.6 Å². The summed E-state index contributed by atoms with van der Waals surface area (Å²) in [5.74, 6) is -0.224. The van der Waals surface area contributed by atoms with Crippen molar-refractivity contribution in [3.05, 3.63) is 65.2 Å². The molecule has 2 fully saturated rings. The van der Waals surface area contributed by atoms with E-state index in [4.69, 9.17) is 21.1 Å². The molecule has 0 aromatic heterocycles. The highest BCUT2D eigenvalue weighted by atomic mass is 35.5. The number of nitrogens with zero attached hydrogens (tertiary/aromatic N) is 2. The van der Waals surface area contributed by atoms with Crippen molar-refractivity contribution in [2.24, 2.45) is 5.41 Å². The maximum absolute atomic E-state index is 14.0. The average molecular weight is 673 g/mol. The second kappa shape index (κ2) is 13.2. The van der Waals surface area contributed by atoms with Crippen LogP contribution in [0.1, 0.15) is 63.2 Å². The van der Waals surface area contributed by atoms with Gasteiger partial charge >= 0.3 is 6.09 Å². The first kappa shape index (κ1) is 33.6. The molecule has 5 rings (SSSR count). The summed E-state index contributed by atoms with van der Waals surface area (Å²) in [6, 6.07) is 9.47. The number of allylic oxidation sites excluding steroid dienone is 1. The fourth-order valence-electron chi connectivity index (χ4n) is 5.97. The van der Waals surface area contributed by atoms with Gasteiger partial charge in [-0.2, -0.15) is 0 Å². The van der Waals surface area contributed by atoms with Gasteiger partial charge in [0.2, 0.25) is 5.91 Å². The number of carbonyl (C=O) groups excluding carboxylic acids is 3. The van der Waals surface area contributed by atoms with Crippen molar-refractivity contribution in [3.8, 4) is 5.75 Å². The molecular weight excluding hydrogens is 632 g/mol. The Morgan fingerprint density at radius 3 is 2.46 bits per heavy atom. The fraction of sp³-hybridized carbons (Fsp3) is 0.485. The second-order valence-electron chi connectivity index (χ2n) is 13.2. The highest BCUT2D eigenvalue weighted by Gasteiger charge is 2.53. The summed E-state index contributed by atoms with van der Waals surface area (Å²) in [6.07, 6.45) is 6.15. The number of anilines is 1. The van der Waals surface area contributed by atoms with Crippen LogP contribution in [0.2, 0.25) is 5.02 Å². The number of benzene rings is 2. The molecule has 2 aromatic rings. The molecule has 1 saturated heterocycles. The fourth-order valence-corrected chi connectivity index (χ4v) is 7.61. The Balaban J connectivity index is 1.50. The predicted molar refractivity (Wildman–Crippen MR) is 175 cm³/mol. The lowest BCUT2D eigenvalue weighted by Gasteiger charge is -2.30. The number of hydrogen-bond acceptors (Lipinski definition) is 7. The van der Waals surface area contributed by atoms with Crippen LogP contribution in [0.15, 0.2) is 59.5 Å². The number of nitrogens with one attached hydrogen (secondary N) is 2. The quantitative estimate of drug-likeness (QED) is 0.443. The molecule has 11 nitrogen and oxygen atoms in total. The first-order valence-corrected chi connectivity index (χ1v) is 17.2. The molecule has 2 bridgehead atoms. The summed E-state index contributed by atoms with van der Waals surface area (Å²) in [4.78, 5) is 42.0. The third-order valence-electron chi connectivity index (χ3n) is 8.53. The number of halogens is 1. The van der Waals surface area contributed by atoms with E-state index in [1.807, 2.05) is 0 Å². The van der Waals surface area contributed by atoms with Crippen molar-refractivity contribution >= 4 is 45.2 Å². The maximum Gasteiger partial charge on any atom is 0.408 e. The number of amides is 3. The molecule has 2 aliphatic heterocycles. The summed E-state index contributed by atoms with van der Waals surface area (Å²) in [6.45, 7) is 5.90. The summed E-state index contributed by atoms with van der Waals surface area (Å²) in [5.41, 5.74) is -0.340. The molecule has 1 saturated carbocycles. The van der Waals surface area contributed by atoms with Crippen molar-refractivity contribution in [1.29, 1.82) is 0 Å². The zero-order valence-corrected chi connectivity index (χ0v) is 28.1. The molecule has 2 aromatic carbocycles. The lowest BCUT2D eigenvalue weighted by molar-refractivity contribution is -0.134. The minimum atomic E-state index is -4.15. The minimum absolute atomic E-state index is 0.0127. The molecule has 2 N–H and O–H groups in total. The van der Waals surface area contributed by atoms with Gasteiger partial charge in [-0.3, -0.25) is 13.9 Å². The number of methoxy groups -OCH3 is 1. The van der Waals surface area contributed by atoms with Crippen LogP contribution < -0.4 is 19.7 Å². The Morgan fingerprint density at radius 1 is 1.09 bits per heavy atom. The van der Waals surface area contributed by atoms with Crippen LogP contribution in [0.3, 0.4) is 0 Å². The predicted octanol–water partition coefficient (Wildman–Crippen LogP) is 4.90. The summed E-state index contributed by atoms with van der Waals surface area (Å²) in [7, 11) is -2.63. The van der Waals surface area contributed by atoms with Gasteiger partial charge in [-0.25, -0.2) is 13.2 Å². The number of fused-ring (bicyclic) bond motifs is 3. The lowest BCUT2D eigenvalue weighted by Crippen LogP contribution is -2.53. The number of carbonyl (C=O) groups is 3. The van der Waals surface area contributed by atoms with E-state index < -0.39 is 33.7 Å². The normalized spacial score (nSPS) is 23.6. The molecule has 248 valence electrons. The molecule has 3 amide bonds. The summed E-state index contributed by atoms with van der Waals surface area (Å²) >= 11 is 6.42. The third kappa shape index (κ3) is 7.60. The topological polar surface area (TPSA) is 134 Å². The Labute approximate surface area is 275 Å². The van der Waals surface area contributed by atoms with Crippen molar-refractivity contribution in [2.75, 3.05) is 31.0 Å². The van der Waals surface area contributed by atoms with Crippen molar-refractivity contribution in [3.63, 3.8) is 0 Å². The number of sulfonamides is 1. The van der Waals surface area contributed by atoms with E-state index in [0.29, 0.717) is 24.4 Å². The van der Waals surface area contributed by atoms with Crippen LogP contribution in [-0.2, 0) is 19.6 Å². The second-order valence-corrected chi connectivity index (χ2v) is 15.4. The Bertz CT molecular complexity index is 1620. The number of rotatable bonds is 3. The maximum atomic E-state index is 14.0. The zero-order valence-electron chi connectivity index (χ0n) is 26.5. The highest BCUT2D eigenvalue weighted by Crippen LogP contribution is 2.54. The standard InChI is InChI=1S/C33H41ClN4O7S/c1-32(2,3)45-31(41)36-28-8-6-5-7-17-38(22-9-11-24(44-4)12-10-22)46(42,43)25-13-14-27(34)26(18-25)29(39)35-20-23-19-33(15-16-33)21-37(23)30(28)40/h5,7,9-14,18,23,28H,6,8,15-17,19-21H2,1-4H3,(H,35,39)(H,36,41)/b7-5+. The SMILES string of the molecule is COc1ccc(N2C/C=C/CCC(NC(=O)OC(C)(C)C)C(=O)N3CC4(CC4)CC3CNC(=O)c3cc(ccc3Cl)S2(=O)=O)cc1. The molecule has 2 atom stereocenters. The Hall–Kier alpha value is -3.77. The van der Waals surface area contributed by atoms with Gasteiger partial charge in [-0.05, 0) is 101 Å². The van der Waals surface area contributed by atoms with Gasteiger partial charge in [0.15, 0.2) is 0 Å². The molecule has 13 heteroatoms. The molecule has 3 aliphatic rings. The Morgan fingerprint density at radius 2 is 1.80 bits per heavy atom. The largest absolute Gasteiger partial charge is 0.497 e. The van der Waals surface area contributed by atoms with Crippen LogP contribution in [0.25, 0.3) is 0 Å². The van der Waals surface area contributed by atoms with Crippen LogP contribution in [0, 0.1) is 5.41 Å². The van der Waals surface area contributed by atoms with Gasteiger partial charge < -0.3 is 25.0 Å². The first-order valence-electron chi connectivity index (χ1n) is 15.4. The van der Waals surface area contributed by atoms with Gasteiger partial charge in [-0.15, -0.1) is 0 Å². The number of alkyl carbamates (subject to hydrolysis) is 1. The third-order valence-corrected chi connectivity index (χ3v) is 10.7. The van der Waals surface area contributed by atoms with E-state index in [9.17, 15) is 22.8 Å². The average Bonchev–Trinajstić information content (AvgIpc) is 3.65. The molecular formula is C33H41ClN4O7S. The smallest absolute Gasteiger partial charge is 0.408 e. The highest BCUT2D eigenvalue weighted by molar-refractivity contribution is 7.92. The van der Waals surface area contributed by atoms with E-state index in [1.54, 1.807) is 62.1 Å². The molecule has 2 heterocycles. The molecule has 1 spiro atoms. The number of ether oxygens (including phenoxy) is 2. The van der Waals surface area contributed by atoms with Gasteiger partial charge in [0.05, 0.1) is 34.8 Å². The van der Waals surface area contributed by atoms with Crippen molar-refractivity contribution < 1.29 is 32.3 Å². The van der Waals surface area contributed by atoms with Gasteiger partial charge in [0.1, 0.15) is 17.4 Å². The molecule has 1 aliphatic carbocycles. The van der Waals surface area contributed by atoms with Gasteiger partial charge in [-0.1, -0.05) is 23.8 Å². The summed E-state index contributed by atoms with van der Waals surface area (Å²) < 4.78 is 40.0. The van der Waals surface area contributed by atoms with Gasteiger partial charge in [0.25, 0.3) is 15.9 Å². The van der Waals surface area contributed by atoms with Crippen molar-refractivity contribution in [1.82, 2.24) is 15.5 Å². The van der Waals surface area contributed by atoms with E-state index in [1.165, 1.54) is 29.6 Å². The minimum Gasteiger partial charge on any atom is -0.497 e.